The summed E-state index contributed by atoms with van der Waals surface area (Å²) in [4.78, 5) is 28.2. The molecule has 1 heterocycles. The van der Waals surface area contributed by atoms with E-state index in [4.69, 9.17) is 25.6 Å². The van der Waals surface area contributed by atoms with Gasteiger partial charge in [0.1, 0.15) is 5.75 Å². The average Bonchev–Trinajstić information content (AvgIpc) is 3.16. The molecule has 30 heavy (non-hydrogen) atoms. The molecule has 1 unspecified atom stereocenters. The first-order valence-corrected chi connectivity index (χ1v) is 9.52. The van der Waals surface area contributed by atoms with E-state index >= 15 is 0 Å². The number of hydrogen-bond donors (Lipinski definition) is 1. The summed E-state index contributed by atoms with van der Waals surface area (Å²) >= 11 is 5.96. The summed E-state index contributed by atoms with van der Waals surface area (Å²) in [5.74, 6) is 0.390. The highest BCUT2D eigenvalue weighted by atomic mass is 35.5. The maximum Gasteiger partial charge on any atom is 0.338 e. The lowest BCUT2D eigenvalue weighted by Gasteiger charge is -2.14. The molecule has 3 aromatic rings. The molecule has 156 valence electrons. The van der Waals surface area contributed by atoms with Gasteiger partial charge in [0.2, 0.25) is 11.7 Å². The summed E-state index contributed by atoms with van der Waals surface area (Å²) in [5, 5.41) is 7.07. The van der Waals surface area contributed by atoms with Crippen LogP contribution in [0.3, 0.4) is 0 Å². The van der Waals surface area contributed by atoms with E-state index in [-0.39, 0.29) is 19.3 Å². The number of hydrogen-bond acceptors (Lipinski definition) is 7. The largest absolute Gasteiger partial charge is 0.485 e. The van der Waals surface area contributed by atoms with E-state index in [0.717, 1.165) is 5.56 Å². The minimum atomic E-state index is -0.610. The molecule has 0 saturated heterocycles. The molecule has 0 spiro atoms. The fourth-order valence-corrected chi connectivity index (χ4v) is 2.79. The number of nitrogens with zero attached hydrogens (tertiary/aromatic N) is 2. The molecule has 0 aliphatic heterocycles. The molecule has 0 radical (unpaired) electrons. The van der Waals surface area contributed by atoms with Crippen molar-refractivity contribution < 1.29 is 23.6 Å². The van der Waals surface area contributed by atoms with E-state index in [9.17, 15) is 9.59 Å². The van der Waals surface area contributed by atoms with Gasteiger partial charge in [-0.15, -0.1) is 0 Å². The number of carbonyl (C=O) groups is 2. The highest BCUT2D eigenvalue weighted by molar-refractivity contribution is 6.30. The van der Waals surface area contributed by atoms with Crippen LogP contribution in [0, 0.1) is 6.92 Å². The van der Waals surface area contributed by atoms with E-state index in [1.807, 2.05) is 13.0 Å². The molecule has 1 atom stereocenters. The van der Waals surface area contributed by atoms with Crippen molar-refractivity contribution in [1.82, 2.24) is 15.5 Å². The van der Waals surface area contributed by atoms with Crippen molar-refractivity contribution >= 4 is 23.5 Å². The smallest absolute Gasteiger partial charge is 0.338 e. The minimum absolute atomic E-state index is 0.145. The van der Waals surface area contributed by atoms with Crippen LogP contribution in [-0.2, 0) is 16.1 Å². The summed E-state index contributed by atoms with van der Waals surface area (Å²) in [6, 6.07) is 13.2. The van der Waals surface area contributed by atoms with Crippen molar-refractivity contribution in [2.45, 2.75) is 26.5 Å². The third-order valence-electron chi connectivity index (χ3n) is 4.09. The number of esters is 1. The lowest BCUT2D eigenvalue weighted by molar-refractivity contribution is -0.124. The maximum absolute atomic E-state index is 12.2. The quantitative estimate of drug-likeness (QED) is 0.545. The first-order chi connectivity index (χ1) is 14.4. The molecule has 3 rings (SSSR count). The number of nitrogens with one attached hydrogen (secondary N) is 1. The molecular weight excluding hydrogens is 410 g/mol. The summed E-state index contributed by atoms with van der Waals surface area (Å²) < 4.78 is 15.5. The van der Waals surface area contributed by atoms with Gasteiger partial charge in [-0.1, -0.05) is 28.9 Å². The molecule has 0 bridgehead atoms. The molecule has 1 amide bonds. The van der Waals surface area contributed by atoms with Crippen molar-refractivity contribution in [2.24, 2.45) is 0 Å². The fraction of sp³-hybridized carbons (Fsp3) is 0.238. The van der Waals surface area contributed by atoms with Gasteiger partial charge < -0.3 is 19.3 Å². The Morgan fingerprint density at radius 2 is 1.97 bits per heavy atom. The van der Waals surface area contributed by atoms with Gasteiger partial charge in [0, 0.05) is 11.9 Å². The van der Waals surface area contributed by atoms with Gasteiger partial charge in [0.25, 0.3) is 5.91 Å². The van der Waals surface area contributed by atoms with E-state index in [1.165, 1.54) is 0 Å². The second-order valence-corrected chi connectivity index (χ2v) is 6.90. The second-order valence-electron chi connectivity index (χ2n) is 6.46. The zero-order valence-corrected chi connectivity index (χ0v) is 17.2. The van der Waals surface area contributed by atoms with Gasteiger partial charge in [-0.2, -0.15) is 4.98 Å². The Labute approximate surface area is 178 Å². The van der Waals surface area contributed by atoms with E-state index < -0.39 is 11.9 Å². The zero-order chi connectivity index (χ0) is 21.5. The first-order valence-electron chi connectivity index (χ1n) is 9.14. The number of rotatable bonds is 8. The fourth-order valence-electron chi connectivity index (χ4n) is 2.59. The van der Waals surface area contributed by atoms with Crippen LogP contribution >= 0.6 is 11.6 Å². The maximum atomic E-state index is 12.2. The molecule has 9 heteroatoms. The van der Waals surface area contributed by atoms with Crippen LogP contribution < -0.4 is 10.1 Å². The number of halogens is 1. The van der Waals surface area contributed by atoms with Gasteiger partial charge in [-0.25, -0.2) is 4.79 Å². The lowest BCUT2D eigenvalue weighted by atomic mass is 10.1. The monoisotopic (exact) mass is 429 g/mol. The van der Waals surface area contributed by atoms with Gasteiger partial charge in [0.05, 0.1) is 11.6 Å². The number of benzene rings is 2. The third kappa shape index (κ3) is 6.05. The van der Waals surface area contributed by atoms with Gasteiger partial charge in [0.15, 0.2) is 13.2 Å². The number of aryl methyl sites for hydroxylation is 1. The predicted octanol–water partition coefficient (Wildman–Crippen LogP) is 3.64. The van der Waals surface area contributed by atoms with E-state index in [1.54, 1.807) is 49.4 Å². The number of ether oxygens (including phenoxy) is 2. The molecule has 0 aliphatic carbocycles. The van der Waals surface area contributed by atoms with Crippen LogP contribution in [0.15, 0.2) is 53.1 Å². The van der Waals surface area contributed by atoms with Crippen LogP contribution in [0.5, 0.6) is 5.75 Å². The SMILES string of the molecule is Cc1nc(COc2ccc(C(=O)OCC(=O)NC(C)c3cccc(Cl)c3)cc2)no1. The first kappa shape index (κ1) is 21.3. The predicted molar refractivity (Wildman–Crippen MR) is 108 cm³/mol. The van der Waals surface area contributed by atoms with E-state index in [0.29, 0.717) is 28.1 Å². The molecule has 8 nitrogen and oxygen atoms in total. The number of carbonyl (C=O) groups excluding carboxylic acids is 2. The Balaban J connectivity index is 1.45. The third-order valence-corrected chi connectivity index (χ3v) is 4.32. The Morgan fingerprint density at radius 1 is 1.20 bits per heavy atom. The highest BCUT2D eigenvalue weighted by Gasteiger charge is 2.14. The Kier molecular flexibility index (Phi) is 7.03. The van der Waals surface area contributed by atoms with Crippen molar-refractivity contribution in [3.63, 3.8) is 0 Å². The normalized spacial score (nSPS) is 11.6. The molecule has 0 saturated carbocycles. The van der Waals surface area contributed by atoms with Crippen molar-refractivity contribution in [1.29, 1.82) is 0 Å². The van der Waals surface area contributed by atoms with Crippen molar-refractivity contribution in [2.75, 3.05) is 6.61 Å². The zero-order valence-electron chi connectivity index (χ0n) is 16.4. The van der Waals surface area contributed by atoms with E-state index in [2.05, 4.69) is 15.5 Å². The summed E-state index contributed by atoms with van der Waals surface area (Å²) in [6.45, 7) is 3.26. The number of amides is 1. The topological polar surface area (TPSA) is 104 Å². The number of aromatic nitrogens is 2. The van der Waals surface area contributed by atoms with Gasteiger partial charge in [-0.05, 0) is 48.9 Å². The molecular formula is C21H20ClN3O5. The van der Waals surface area contributed by atoms with Crippen LogP contribution in [-0.4, -0.2) is 28.6 Å². The average molecular weight is 430 g/mol. The Bertz CT molecular complexity index is 1020. The van der Waals surface area contributed by atoms with Gasteiger partial charge >= 0.3 is 5.97 Å². The summed E-state index contributed by atoms with van der Waals surface area (Å²) in [7, 11) is 0. The summed E-state index contributed by atoms with van der Waals surface area (Å²) in [5.41, 5.74) is 1.15. The lowest BCUT2D eigenvalue weighted by Crippen LogP contribution is -2.31. The Hall–Kier alpha value is -3.39. The Morgan fingerprint density at radius 3 is 2.63 bits per heavy atom. The molecule has 0 fully saturated rings. The minimum Gasteiger partial charge on any atom is -0.485 e. The standard InChI is InChI=1S/C21H20ClN3O5/c1-13(16-4-3-5-17(22)10-16)23-20(26)12-29-21(27)15-6-8-18(9-7-15)28-11-19-24-14(2)30-25-19/h3-10,13H,11-12H2,1-2H3,(H,23,26). The molecule has 1 N–H and O–H groups in total. The molecule has 0 aliphatic rings. The van der Waals surface area contributed by atoms with Crippen LogP contribution in [0.25, 0.3) is 0 Å². The van der Waals surface area contributed by atoms with Gasteiger partial charge in [-0.3, -0.25) is 4.79 Å². The summed E-state index contributed by atoms with van der Waals surface area (Å²) in [6.07, 6.45) is 0. The highest BCUT2D eigenvalue weighted by Crippen LogP contribution is 2.17. The van der Waals surface area contributed by atoms with Crippen molar-refractivity contribution in [3.05, 3.63) is 76.4 Å². The molecule has 2 aromatic carbocycles. The second kappa shape index (κ2) is 9.89. The van der Waals surface area contributed by atoms with Crippen molar-refractivity contribution in [3.8, 4) is 5.75 Å². The van der Waals surface area contributed by atoms with Crippen LogP contribution in [0.4, 0.5) is 0 Å². The van der Waals surface area contributed by atoms with Crippen LogP contribution in [0.1, 0.15) is 40.6 Å². The molecule has 1 aromatic heterocycles. The van der Waals surface area contributed by atoms with Crippen LogP contribution in [0.2, 0.25) is 5.02 Å².